The van der Waals surface area contributed by atoms with E-state index < -0.39 is 63.2 Å². The molecular weight excluding hydrogens is 464 g/mol. The molecule has 4 rings (SSSR count). The average Bonchev–Trinajstić information content (AvgIpc) is 3.03. The van der Waals surface area contributed by atoms with Crippen LogP contribution in [-0.4, -0.2) is 82.2 Å². The Kier molecular flexibility index (Phi) is 6.50. The molecule has 0 saturated heterocycles. The van der Waals surface area contributed by atoms with Crippen molar-refractivity contribution in [3.05, 3.63) is 11.6 Å². The molecule has 0 aliphatic heterocycles. The monoisotopic (exact) mass is 510 g/mol. The van der Waals surface area contributed by atoms with E-state index in [0.29, 0.717) is 31.3 Å². The molecule has 0 bridgehead atoms. The van der Waals surface area contributed by atoms with E-state index in [2.05, 4.69) is 0 Å². The molecule has 36 heavy (non-hydrogen) atoms. The lowest BCUT2D eigenvalue weighted by molar-refractivity contribution is -0.212. The lowest BCUT2D eigenvalue weighted by Crippen LogP contribution is -2.69. The number of rotatable bonds is 5. The summed E-state index contributed by atoms with van der Waals surface area (Å²) in [7, 11) is 0. The Morgan fingerprint density at radius 3 is 2.14 bits per heavy atom. The van der Waals surface area contributed by atoms with Gasteiger partial charge in [-0.25, -0.2) is 0 Å². The number of fused-ring (bicyclic) bond motifs is 5. The van der Waals surface area contributed by atoms with Gasteiger partial charge in [0, 0.05) is 17.3 Å². The molecule has 8 nitrogen and oxygen atoms in total. The number of aliphatic hydroxyl groups is 7. The van der Waals surface area contributed by atoms with Gasteiger partial charge in [-0.3, -0.25) is 4.79 Å². The van der Waals surface area contributed by atoms with Gasteiger partial charge >= 0.3 is 0 Å². The second-order valence-electron chi connectivity index (χ2n) is 13.8. The van der Waals surface area contributed by atoms with Gasteiger partial charge in [-0.1, -0.05) is 20.8 Å². The van der Waals surface area contributed by atoms with E-state index in [0.717, 1.165) is 0 Å². The van der Waals surface area contributed by atoms with Gasteiger partial charge in [-0.2, -0.15) is 0 Å². The van der Waals surface area contributed by atoms with E-state index in [9.17, 15) is 40.5 Å². The molecule has 3 saturated carbocycles. The molecule has 0 radical (unpaired) electrons. The molecule has 3 fully saturated rings. The maximum Gasteiger partial charge on any atom is 0.187 e. The van der Waals surface area contributed by atoms with Crippen molar-refractivity contribution in [2.24, 2.45) is 28.6 Å². The number of hydrogen-bond donors (Lipinski definition) is 7. The van der Waals surface area contributed by atoms with Crippen molar-refractivity contribution in [3.8, 4) is 0 Å². The van der Waals surface area contributed by atoms with Gasteiger partial charge < -0.3 is 35.7 Å². The Balaban J connectivity index is 1.70. The smallest absolute Gasteiger partial charge is 0.187 e. The van der Waals surface area contributed by atoms with Crippen molar-refractivity contribution < 1.29 is 40.5 Å². The summed E-state index contributed by atoms with van der Waals surface area (Å²) in [6.45, 7) is 10.5. The molecule has 11 atom stereocenters. The van der Waals surface area contributed by atoms with E-state index in [1.807, 2.05) is 13.8 Å². The standard InChI is InChI=1S/C28H46O8/c1-15(23(2,3)33)11-21(31)26(6,34)20-8-10-27(35)17-12-22(32)28(36)14-19(30)18(29)13-25(28,5)16(17)7-9-24(20,27)4/h12,15-16,18-21,29-31,33-36H,7-11,13-14H2,1-6H3/t15-,16+,18+,19-,20+,21-,24-,25-,26-,27-,28-/m1/s1. The van der Waals surface area contributed by atoms with Crippen LogP contribution in [0.3, 0.4) is 0 Å². The molecule has 0 aromatic rings. The predicted molar refractivity (Wildman–Crippen MR) is 133 cm³/mol. The van der Waals surface area contributed by atoms with Gasteiger partial charge in [0.15, 0.2) is 5.78 Å². The molecule has 0 unspecified atom stereocenters. The van der Waals surface area contributed by atoms with Crippen molar-refractivity contribution in [2.75, 3.05) is 0 Å². The summed E-state index contributed by atoms with van der Waals surface area (Å²) in [6.07, 6.45) is -0.284. The summed E-state index contributed by atoms with van der Waals surface area (Å²) in [6, 6.07) is 0. The first-order chi connectivity index (χ1) is 16.3. The van der Waals surface area contributed by atoms with Gasteiger partial charge in [-0.15, -0.1) is 0 Å². The molecule has 0 spiro atoms. The van der Waals surface area contributed by atoms with Crippen LogP contribution in [0.25, 0.3) is 0 Å². The molecule has 0 heterocycles. The summed E-state index contributed by atoms with van der Waals surface area (Å²) in [4.78, 5) is 13.4. The Labute approximate surface area is 214 Å². The summed E-state index contributed by atoms with van der Waals surface area (Å²) in [5.74, 6) is -1.67. The minimum atomic E-state index is -1.82. The maximum atomic E-state index is 13.4. The number of carbonyl (C=O) groups is 1. The third-order valence-electron chi connectivity index (χ3n) is 11.5. The number of carbonyl (C=O) groups excluding carboxylic acids is 1. The fourth-order valence-corrected chi connectivity index (χ4v) is 8.39. The van der Waals surface area contributed by atoms with Crippen molar-refractivity contribution in [1.82, 2.24) is 0 Å². The first kappa shape index (κ1) is 28.1. The molecular formula is C28H46O8. The van der Waals surface area contributed by atoms with E-state index in [1.54, 1.807) is 27.7 Å². The average molecular weight is 511 g/mol. The third-order valence-corrected chi connectivity index (χ3v) is 11.5. The quantitative estimate of drug-likeness (QED) is 0.291. The minimum absolute atomic E-state index is 0.0416. The van der Waals surface area contributed by atoms with Crippen LogP contribution in [0.5, 0.6) is 0 Å². The van der Waals surface area contributed by atoms with Crippen LogP contribution in [0, 0.1) is 28.6 Å². The van der Waals surface area contributed by atoms with E-state index in [1.165, 1.54) is 6.08 Å². The van der Waals surface area contributed by atoms with Gasteiger partial charge in [0.2, 0.25) is 0 Å². The summed E-state index contributed by atoms with van der Waals surface area (Å²) >= 11 is 0. The fourth-order valence-electron chi connectivity index (χ4n) is 8.39. The largest absolute Gasteiger partial charge is 0.390 e. The zero-order chi connectivity index (χ0) is 27.3. The predicted octanol–water partition coefficient (Wildman–Crippen LogP) is 1.21. The SMILES string of the molecule is C[C@H](C[C@@H](O)[C@](C)(O)[C@H]1CC[C@@]2(O)C3=CC(=O)[C@]4(O)C[C@@H](O)[C@@H](O)C[C@]4(C)[C@H]3CC[C@]12C)C(C)(C)O. The third kappa shape index (κ3) is 3.63. The van der Waals surface area contributed by atoms with Gasteiger partial charge in [0.1, 0.15) is 5.60 Å². The van der Waals surface area contributed by atoms with Crippen LogP contribution < -0.4 is 0 Å². The zero-order valence-corrected chi connectivity index (χ0v) is 22.5. The lowest BCUT2D eigenvalue weighted by Gasteiger charge is -2.62. The molecule has 7 N–H and O–H groups in total. The Hall–Kier alpha value is -0.870. The topological polar surface area (TPSA) is 159 Å². The normalized spacial score (nSPS) is 48.2. The second-order valence-corrected chi connectivity index (χ2v) is 13.8. The maximum absolute atomic E-state index is 13.4. The summed E-state index contributed by atoms with van der Waals surface area (Å²) in [5, 5.41) is 77.6. The fraction of sp³-hybridized carbons (Fsp3) is 0.893. The van der Waals surface area contributed by atoms with E-state index in [-0.39, 0.29) is 31.1 Å². The van der Waals surface area contributed by atoms with E-state index >= 15 is 0 Å². The Bertz CT molecular complexity index is 938. The number of hydrogen-bond acceptors (Lipinski definition) is 8. The highest BCUT2D eigenvalue weighted by Crippen LogP contribution is 2.69. The zero-order valence-electron chi connectivity index (χ0n) is 22.5. The minimum Gasteiger partial charge on any atom is -0.390 e. The van der Waals surface area contributed by atoms with Crippen molar-refractivity contribution in [1.29, 1.82) is 0 Å². The number of ketones is 1. The highest BCUT2D eigenvalue weighted by atomic mass is 16.3. The van der Waals surface area contributed by atoms with Crippen LogP contribution >= 0.6 is 0 Å². The Morgan fingerprint density at radius 2 is 1.56 bits per heavy atom. The lowest BCUT2D eigenvalue weighted by atomic mass is 9.44. The Morgan fingerprint density at radius 1 is 0.972 bits per heavy atom. The van der Waals surface area contributed by atoms with Gasteiger partial charge in [-0.05, 0) is 88.7 Å². The second kappa shape index (κ2) is 8.31. The highest BCUT2D eigenvalue weighted by Gasteiger charge is 2.71. The molecule has 8 heteroatoms. The molecule has 0 amide bonds. The molecule has 4 aliphatic rings. The summed E-state index contributed by atoms with van der Waals surface area (Å²) < 4.78 is 0. The van der Waals surface area contributed by atoms with E-state index in [4.69, 9.17) is 0 Å². The van der Waals surface area contributed by atoms with Crippen LogP contribution in [0.2, 0.25) is 0 Å². The van der Waals surface area contributed by atoms with Crippen molar-refractivity contribution in [3.63, 3.8) is 0 Å². The van der Waals surface area contributed by atoms with Crippen molar-refractivity contribution in [2.45, 2.75) is 127 Å². The first-order valence-corrected chi connectivity index (χ1v) is 13.5. The van der Waals surface area contributed by atoms with Crippen LogP contribution in [0.15, 0.2) is 11.6 Å². The molecule has 206 valence electrons. The molecule has 0 aromatic carbocycles. The van der Waals surface area contributed by atoms with Gasteiger partial charge in [0.25, 0.3) is 0 Å². The first-order valence-electron chi connectivity index (χ1n) is 13.5. The number of aliphatic hydroxyl groups excluding tert-OH is 3. The highest BCUT2D eigenvalue weighted by molar-refractivity contribution is 6.00. The van der Waals surface area contributed by atoms with Crippen LogP contribution in [0.4, 0.5) is 0 Å². The van der Waals surface area contributed by atoms with Crippen LogP contribution in [0.1, 0.15) is 86.5 Å². The van der Waals surface area contributed by atoms with Crippen molar-refractivity contribution >= 4 is 5.78 Å². The molecule has 4 aliphatic carbocycles. The van der Waals surface area contributed by atoms with Crippen LogP contribution in [-0.2, 0) is 4.79 Å². The van der Waals surface area contributed by atoms with Gasteiger partial charge in [0.05, 0.1) is 35.1 Å². The summed E-state index contributed by atoms with van der Waals surface area (Å²) in [5.41, 5.74) is -7.16. The molecule has 0 aromatic heterocycles.